The molecule has 2 aromatic rings. The highest BCUT2D eigenvalue weighted by Crippen LogP contribution is 2.65. The van der Waals surface area contributed by atoms with Gasteiger partial charge in [-0.2, -0.15) is 0 Å². The van der Waals surface area contributed by atoms with Crippen LogP contribution in [-0.2, 0) is 20.5 Å². The van der Waals surface area contributed by atoms with Crippen LogP contribution in [0.25, 0.3) is 0 Å². The Labute approximate surface area is 268 Å². The number of hydrogen-bond donors (Lipinski definition) is 3. The summed E-state index contributed by atoms with van der Waals surface area (Å²) in [5.74, 6) is -0.324. The van der Waals surface area contributed by atoms with E-state index in [0.717, 1.165) is 37.7 Å². The van der Waals surface area contributed by atoms with Gasteiger partial charge in [0.1, 0.15) is 6.04 Å². The molecule has 3 amide bonds. The van der Waals surface area contributed by atoms with Crippen LogP contribution < -0.4 is 16.0 Å². The van der Waals surface area contributed by atoms with Crippen LogP contribution in [0.4, 0.5) is 0 Å². The van der Waals surface area contributed by atoms with E-state index in [4.69, 9.17) is 9.31 Å². The molecule has 1 saturated heterocycles. The number of hydrogen-bond acceptors (Lipinski definition) is 6. The minimum Gasteiger partial charge on any atom is -0.404 e. The lowest BCUT2D eigenvalue weighted by Crippen LogP contribution is -2.65. The second-order valence-electron chi connectivity index (χ2n) is 14.4. The molecule has 4 aliphatic rings. The Kier molecular flexibility index (Phi) is 10.0. The van der Waals surface area contributed by atoms with Gasteiger partial charge in [0.25, 0.3) is 11.8 Å². The van der Waals surface area contributed by atoms with Crippen LogP contribution in [0.15, 0.2) is 48.8 Å². The van der Waals surface area contributed by atoms with E-state index >= 15 is 0 Å². The van der Waals surface area contributed by atoms with Gasteiger partial charge in [-0.15, -0.1) is 0 Å². The molecule has 242 valence electrons. The molecule has 1 aromatic heterocycles. The van der Waals surface area contributed by atoms with Crippen LogP contribution in [-0.4, -0.2) is 60.1 Å². The summed E-state index contributed by atoms with van der Waals surface area (Å²) in [6.07, 6.45) is 8.89. The molecule has 1 aromatic carbocycles. The summed E-state index contributed by atoms with van der Waals surface area (Å²) in [5.41, 5.74) is 1.78. The highest BCUT2D eigenvalue weighted by molar-refractivity contribution is 6.48. The normalized spacial score (nSPS) is 25.9. The van der Waals surface area contributed by atoms with Crippen molar-refractivity contribution in [3.63, 3.8) is 0 Å². The molecule has 2 heterocycles. The molecule has 45 heavy (non-hydrogen) atoms. The Bertz CT molecular complexity index is 1350. The van der Waals surface area contributed by atoms with Crippen molar-refractivity contribution in [3.05, 3.63) is 65.5 Å². The lowest BCUT2D eigenvalue weighted by Gasteiger charge is -2.64. The molecule has 10 heteroatoms. The average molecular weight is 617 g/mol. The summed E-state index contributed by atoms with van der Waals surface area (Å²) in [5, 5.41) is 8.83. The van der Waals surface area contributed by atoms with Crippen molar-refractivity contribution in [2.24, 2.45) is 23.2 Å². The first-order valence-corrected chi connectivity index (χ1v) is 16.6. The van der Waals surface area contributed by atoms with Gasteiger partial charge in [-0.25, -0.2) is 0 Å². The molecule has 3 saturated carbocycles. The third-order valence-corrected chi connectivity index (χ3v) is 10.4. The number of carbonyl (C=O) groups is 3. The van der Waals surface area contributed by atoms with Gasteiger partial charge in [0.05, 0.1) is 23.2 Å². The lowest BCUT2D eigenvalue weighted by atomic mass is 9.43. The van der Waals surface area contributed by atoms with Crippen LogP contribution >= 0.6 is 0 Å². The highest BCUT2D eigenvalue weighted by Gasteiger charge is 2.68. The zero-order chi connectivity index (χ0) is 32.4. The van der Waals surface area contributed by atoms with Gasteiger partial charge in [-0.05, 0) is 92.0 Å². The van der Waals surface area contributed by atoms with Crippen LogP contribution in [0.1, 0.15) is 99.9 Å². The Morgan fingerprint density at radius 1 is 1.02 bits per heavy atom. The number of unbranched alkanes of at least 4 members (excludes halogenated alkanes) is 1. The molecule has 3 aliphatic carbocycles. The van der Waals surface area contributed by atoms with E-state index in [1.165, 1.54) is 6.20 Å². The maximum absolute atomic E-state index is 13.9. The molecule has 0 spiro atoms. The predicted molar refractivity (Wildman–Crippen MR) is 174 cm³/mol. The molecular formula is C35H49BN4O5. The van der Waals surface area contributed by atoms with Gasteiger partial charge in [-0.3, -0.25) is 19.4 Å². The smallest absolute Gasteiger partial charge is 0.404 e. The van der Waals surface area contributed by atoms with Crippen molar-refractivity contribution in [3.8, 4) is 0 Å². The molecule has 9 nitrogen and oxygen atoms in total. The number of nitrogens with zero attached hydrogens (tertiary/aromatic N) is 1. The summed E-state index contributed by atoms with van der Waals surface area (Å²) in [6.45, 7) is 13.1. The van der Waals surface area contributed by atoms with Crippen LogP contribution in [0.3, 0.4) is 0 Å². The first kappa shape index (κ1) is 33.1. The first-order valence-electron chi connectivity index (χ1n) is 16.6. The maximum atomic E-state index is 13.9. The fraction of sp³-hybridized carbons (Fsp3) is 0.600. The van der Waals surface area contributed by atoms with Gasteiger partial charge >= 0.3 is 7.12 Å². The largest absolute Gasteiger partial charge is 0.481 e. The number of pyridine rings is 1. The van der Waals surface area contributed by atoms with Gasteiger partial charge in [0.2, 0.25) is 5.91 Å². The van der Waals surface area contributed by atoms with E-state index in [-0.39, 0.29) is 35.8 Å². The van der Waals surface area contributed by atoms with Crippen LogP contribution in [0.5, 0.6) is 0 Å². The zero-order valence-electron chi connectivity index (χ0n) is 27.6. The minimum atomic E-state index is -1.03. The van der Waals surface area contributed by atoms with Crippen molar-refractivity contribution in [2.45, 2.75) is 104 Å². The van der Waals surface area contributed by atoms with Crippen molar-refractivity contribution in [2.75, 3.05) is 6.54 Å². The Morgan fingerprint density at radius 2 is 1.78 bits per heavy atom. The number of amides is 3. The molecule has 6 rings (SSSR count). The fourth-order valence-electron chi connectivity index (χ4n) is 7.55. The summed E-state index contributed by atoms with van der Waals surface area (Å²) < 4.78 is 13.3. The van der Waals surface area contributed by atoms with Gasteiger partial charge in [-0.1, -0.05) is 53.2 Å². The molecule has 4 fully saturated rings. The molecule has 1 aliphatic heterocycles. The molecule has 2 bridgehead atoms. The van der Waals surface area contributed by atoms with E-state index in [2.05, 4.69) is 62.5 Å². The Hall–Kier alpha value is -3.24. The highest BCUT2D eigenvalue weighted by atomic mass is 16.7. The number of aromatic nitrogens is 1. The van der Waals surface area contributed by atoms with E-state index in [0.29, 0.717) is 29.4 Å². The van der Waals surface area contributed by atoms with Crippen molar-refractivity contribution < 1.29 is 23.7 Å². The molecule has 0 radical (unpaired) electrons. The molecule has 0 unspecified atom stereocenters. The van der Waals surface area contributed by atoms with Crippen LogP contribution in [0.2, 0.25) is 0 Å². The second kappa shape index (κ2) is 13.6. The van der Waals surface area contributed by atoms with Crippen molar-refractivity contribution in [1.82, 2.24) is 20.9 Å². The summed E-state index contributed by atoms with van der Waals surface area (Å²) in [7, 11) is -0.599. The summed E-state index contributed by atoms with van der Waals surface area (Å²) in [4.78, 5) is 44.2. The van der Waals surface area contributed by atoms with Crippen molar-refractivity contribution >= 4 is 24.8 Å². The second-order valence-corrected chi connectivity index (χ2v) is 14.4. The van der Waals surface area contributed by atoms with Gasteiger partial charge in [0.15, 0.2) is 0 Å². The molecular weight excluding hydrogens is 567 g/mol. The van der Waals surface area contributed by atoms with Gasteiger partial charge in [0, 0.05) is 24.5 Å². The zero-order valence-corrected chi connectivity index (χ0v) is 27.6. The minimum absolute atomic E-state index is 0.0135. The molecule has 3 N–H and O–H groups in total. The first-order chi connectivity index (χ1) is 21.4. The Balaban J connectivity index is 1.31. The number of benzene rings is 1. The standard InChI is InChI=1S/C35H49BN4O5/c1-7-8-10-23-12-14-24(15-13-23)32(42)39-27(21-38-31(41)25-11-9-16-37-20-25)33(43)40-30(17-22(2)3)36-44-29-19-26-18-28(34(26,4)5)35(29,6)45-36/h9,11-16,20,22,26-30H,7-8,10,17-19,21H2,1-6H3,(H,38,41)(H,39,42)(H,40,43)/t26-,27+,28-,29-,30+,35+/m1/s1. The number of carbonyl (C=O) groups excluding carboxylic acids is 3. The number of nitrogens with one attached hydrogen (secondary N) is 3. The average Bonchev–Trinajstić information content (AvgIpc) is 3.39. The van der Waals surface area contributed by atoms with E-state index < -0.39 is 30.6 Å². The number of rotatable bonds is 13. The third kappa shape index (κ3) is 7.12. The maximum Gasteiger partial charge on any atom is 0.481 e. The van der Waals surface area contributed by atoms with E-state index in [1.54, 1.807) is 30.5 Å². The summed E-state index contributed by atoms with van der Waals surface area (Å²) >= 11 is 0. The predicted octanol–water partition coefficient (Wildman–Crippen LogP) is 4.75. The third-order valence-electron chi connectivity index (χ3n) is 10.4. The lowest BCUT2D eigenvalue weighted by molar-refractivity contribution is -0.199. The topological polar surface area (TPSA) is 119 Å². The van der Waals surface area contributed by atoms with Crippen LogP contribution in [0, 0.1) is 23.2 Å². The Morgan fingerprint density at radius 3 is 2.42 bits per heavy atom. The monoisotopic (exact) mass is 616 g/mol. The van der Waals surface area contributed by atoms with E-state index in [9.17, 15) is 14.4 Å². The van der Waals surface area contributed by atoms with E-state index in [1.807, 2.05) is 12.1 Å². The fourth-order valence-corrected chi connectivity index (χ4v) is 7.55. The number of aryl methyl sites for hydroxylation is 1. The quantitative estimate of drug-likeness (QED) is 0.280. The SMILES string of the molecule is CCCCc1ccc(C(=O)N[C@@H](CNC(=O)c2cccnc2)C(=O)N[C@@H](CC(C)C)B2O[C@@H]3C[C@H]4C[C@H](C4(C)C)[C@]3(C)O2)cc1. The molecule has 6 atom stereocenters. The van der Waals surface area contributed by atoms with Gasteiger partial charge < -0.3 is 25.3 Å². The van der Waals surface area contributed by atoms with Crippen molar-refractivity contribution in [1.29, 1.82) is 0 Å². The summed E-state index contributed by atoms with van der Waals surface area (Å²) in [6, 6.07) is 9.74.